The number of nitrogens with zero attached hydrogens (tertiary/aromatic N) is 4. The minimum Gasteiger partial charge on any atom is -0.465 e. The summed E-state index contributed by atoms with van der Waals surface area (Å²) in [7, 11) is 0. The van der Waals surface area contributed by atoms with Crippen LogP contribution >= 0.6 is 0 Å². The maximum absolute atomic E-state index is 12.5. The van der Waals surface area contributed by atoms with Crippen molar-refractivity contribution in [1.82, 2.24) is 14.9 Å². The topological polar surface area (TPSA) is 69.6 Å². The molecule has 0 unspecified atom stereocenters. The fourth-order valence-electron chi connectivity index (χ4n) is 2.49. The fraction of sp³-hybridized carbons (Fsp3) is 0.583. The van der Waals surface area contributed by atoms with Gasteiger partial charge in [0.25, 0.3) is 0 Å². The van der Waals surface area contributed by atoms with Crippen molar-refractivity contribution in [2.75, 3.05) is 18.0 Å². The summed E-state index contributed by atoms with van der Waals surface area (Å²) in [4.78, 5) is 21.6. The molecule has 1 N–H and O–H groups in total. The molecular weight excluding hydrogens is 289 g/mol. The van der Waals surface area contributed by atoms with Crippen LogP contribution in [0.2, 0.25) is 0 Å². The summed E-state index contributed by atoms with van der Waals surface area (Å²) in [6.07, 6.45) is -4.01. The standard InChI is InChI=1S/C12H15F3N4O2/c1-7-5-18(6-8(2)19(7)11(20)21)10-16-3-9(4-17-10)12(13,14)15/h3-4,7-8H,5-6H2,1-2H3,(H,20,21)/t7-,8-/m0/s1. The van der Waals surface area contributed by atoms with Crippen LogP contribution in [0, 0.1) is 0 Å². The molecule has 0 saturated carbocycles. The van der Waals surface area contributed by atoms with E-state index in [9.17, 15) is 18.0 Å². The van der Waals surface area contributed by atoms with Crippen molar-refractivity contribution < 1.29 is 23.1 Å². The van der Waals surface area contributed by atoms with Gasteiger partial charge in [-0.3, -0.25) is 4.90 Å². The first kappa shape index (κ1) is 15.3. The molecule has 1 amide bonds. The molecule has 6 nitrogen and oxygen atoms in total. The molecule has 116 valence electrons. The highest BCUT2D eigenvalue weighted by atomic mass is 19.4. The van der Waals surface area contributed by atoms with E-state index < -0.39 is 17.8 Å². The van der Waals surface area contributed by atoms with Gasteiger partial charge in [0.05, 0.1) is 17.6 Å². The zero-order chi connectivity index (χ0) is 15.8. The second-order valence-electron chi connectivity index (χ2n) is 5.06. The summed E-state index contributed by atoms with van der Waals surface area (Å²) in [5.74, 6) is 0.173. The number of anilines is 1. The maximum atomic E-state index is 12.5. The van der Waals surface area contributed by atoms with Crippen LogP contribution in [0.1, 0.15) is 19.4 Å². The molecule has 2 heterocycles. The fourth-order valence-corrected chi connectivity index (χ4v) is 2.49. The highest BCUT2D eigenvalue weighted by Gasteiger charge is 2.35. The van der Waals surface area contributed by atoms with E-state index in [2.05, 4.69) is 9.97 Å². The molecule has 1 aliphatic rings. The molecule has 2 rings (SSSR count). The van der Waals surface area contributed by atoms with Crippen molar-refractivity contribution in [2.45, 2.75) is 32.1 Å². The smallest absolute Gasteiger partial charge is 0.419 e. The molecule has 1 aromatic rings. The zero-order valence-corrected chi connectivity index (χ0v) is 11.5. The molecule has 1 saturated heterocycles. The predicted molar refractivity (Wildman–Crippen MR) is 68.0 cm³/mol. The Balaban J connectivity index is 2.15. The van der Waals surface area contributed by atoms with Gasteiger partial charge in [0.15, 0.2) is 0 Å². The molecule has 0 bridgehead atoms. The van der Waals surface area contributed by atoms with Crippen LogP contribution in [0.3, 0.4) is 0 Å². The monoisotopic (exact) mass is 304 g/mol. The van der Waals surface area contributed by atoms with E-state index in [4.69, 9.17) is 5.11 Å². The Morgan fingerprint density at radius 1 is 1.24 bits per heavy atom. The number of alkyl halides is 3. The van der Waals surface area contributed by atoms with E-state index in [1.165, 1.54) is 4.90 Å². The Morgan fingerprint density at radius 3 is 2.10 bits per heavy atom. The molecule has 1 aromatic heterocycles. The average Bonchev–Trinajstić information content (AvgIpc) is 2.36. The highest BCUT2D eigenvalue weighted by Crippen LogP contribution is 2.28. The second-order valence-corrected chi connectivity index (χ2v) is 5.06. The molecule has 9 heteroatoms. The van der Waals surface area contributed by atoms with E-state index in [1.807, 2.05) is 0 Å². The second kappa shape index (κ2) is 5.38. The van der Waals surface area contributed by atoms with Gasteiger partial charge >= 0.3 is 12.3 Å². The number of halogens is 3. The number of piperazine rings is 1. The third kappa shape index (κ3) is 3.17. The Kier molecular flexibility index (Phi) is 3.93. The molecule has 21 heavy (non-hydrogen) atoms. The van der Waals surface area contributed by atoms with Crippen molar-refractivity contribution in [3.63, 3.8) is 0 Å². The predicted octanol–water partition coefficient (Wildman–Crippen LogP) is 2.07. The number of aromatic nitrogens is 2. The molecule has 2 atom stereocenters. The summed E-state index contributed by atoms with van der Waals surface area (Å²) in [5.41, 5.74) is -0.906. The maximum Gasteiger partial charge on any atom is 0.419 e. The van der Waals surface area contributed by atoms with Gasteiger partial charge in [0.2, 0.25) is 5.95 Å². The van der Waals surface area contributed by atoms with Crippen molar-refractivity contribution in [2.24, 2.45) is 0 Å². The van der Waals surface area contributed by atoms with E-state index in [-0.39, 0.29) is 18.0 Å². The van der Waals surface area contributed by atoms with Gasteiger partial charge in [-0.1, -0.05) is 0 Å². The average molecular weight is 304 g/mol. The number of hydrogen-bond donors (Lipinski definition) is 1. The number of carboxylic acid groups (broad SMARTS) is 1. The Bertz CT molecular complexity index is 508. The summed E-state index contributed by atoms with van der Waals surface area (Å²) in [6, 6.07) is -0.589. The number of rotatable bonds is 1. The van der Waals surface area contributed by atoms with Gasteiger partial charge in [-0.05, 0) is 13.8 Å². The lowest BCUT2D eigenvalue weighted by molar-refractivity contribution is -0.138. The van der Waals surface area contributed by atoms with Crippen molar-refractivity contribution in [3.05, 3.63) is 18.0 Å². The van der Waals surface area contributed by atoms with Crippen LogP contribution in [-0.2, 0) is 6.18 Å². The Morgan fingerprint density at radius 2 is 1.71 bits per heavy atom. The van der Waals surface area contributed by atoms with Gasteiger partial charge in [0.1, 0.15) is 0 Å². The van der Waals surface area contributed by atoms with Crippen LogP contribution in [0.25, 0.3) is 0 Å². The third-order valence-corrected chi connectivity index (χ3v) is 3.39. The Labute approximate surface area is 119 Å². The van der Waals surface area contributed by atoms with E-state index in [0.717, 1.165) is 12.4 Å². The molecular formula is C12H15F3N4O2. The van der Waals surface area contributed by atoms with Crippen molar-refractivity contribution in [1.29, 1.82) is 0 Å². The molecule has 0 aliphatic carbocycles. The quantitative estimate of drug-likeness (QED) is 0.860. The van der Waals surface area contributed by atoms with Crippen molar-refractivity contribution >= 4 is 12.0 Å². The lowest BCUT2D eigenvalue weighted by Crippen LogP contribution is -2.58. The molecule has 0 radical (unpaired) electrons. The minimum atomic E-state index is -4.47. The number of amides is 1. The molecule has 0 aromatic carbocycles. The normalized spacial score (nSPS) is 23.3. The molecule has 1 aliphatic heterocycles. The van der Waals surface area contributed by atoms with Gasteiger partial charge in [0, 0.05) is 25.5 Å². The van der Waals surface area contributed by atoms with Crippen molar-refractivity contribution in [3.8, 4) is 0 Å². The van der Waals surface area contributed by atoms with Crippen LogP contribution in [-0.4, -0.2) is 51.2 Å². The first-order chi connectivity index (χ1) is 9.70. The lowest BCUT2D eigenvalue weighted by Gasteiger charge is -2.42. The lowest BCUT2D eigenvalue weighted by atomic mass is 10.1. The Hall–Kier alpha value is -2.06. The van der Waals surface area contributed by atoms with Gasteiger partial charge in [-0.2, -0.15) is 13.2 Å². The number of carbonyl (C=O) groups is 1. The first-order valence-electron chi connectivity index (χ1n) is 6.35. The molecule has 1 fully saturated rings. The van der Waals surface area contributed by atoms with E-state index >= 15 is 0 Å². The van der Waals surface area contributed by atoms with Gasteiger partial charge in [-0.25, -0.2) is 14.8 Å². The van der Waals surface area contributed by atoms with E-state index in [0.29, 0.717) is 13.1 Å². The summed E-state index contributed by atoms with van der Waals surface area (Å²) < 4.78 is 37.4. The molecule has 0 spiro atoms. The minimum absolute atomic E-state index is 0.173. The summed E-state index contributed by atoms with van der Waals surface area (Å²) in [6.45, 7) is 4.14. The van der Waals surface area contributed by atoms with E-state index in [1.54, 1.807) is 18.7 Å². The largest absolute Gasteiger partial charge is 0.465 e. The van der Waals surface area contributed by atoms with Gasteiger partial charge in [-0.15, -0.1) is 0 Å². The van der Waals surface area contributed by atoms with Crippen LogP contribution in [0.15, 0.2) is 12.4 Å². The SMILES string of the molecule is C[C@H]1CN(c2ncc(C(F)(F)F)cn2)C[C@H](C)N1C(=O)O. The highest BCUT2D eigenvalue weighted by molar-refractivity contribution is 5.66. The first-order valence-corrected chi connectivity index (χ1v) is 6.35. The van der Waals surface area contributed by atoms with Crippen LogP contribution in [0.5, 0.6) is 0 Å². The number of hydrogen-bond acceptors (Lipinski definition) is 4. The van der Waals surface area contributed by atoms with Crippen LogP contribution in [0.4, 0.5) is 23.9 Å². The zero-order valence-electron chi connectivity index (χ0n) is 11.5. The summed E-state index contributed by atoms with van der Waals surface area (Å²) in [5, 5.41) is 9.11. The van der Waals surface area contributed by atoms with Gasteiger partial charge < -0.3 is 10.0 Å². The van der Waals surface area contributed by atoms with Crippen LogP contribution < -0.4 is 4.90 Å². The summed E-state index contributed by atoms with van der Waals surface area (Å²) >= 11 is 0. The third-order valence-electron chi connectivity index (χ3n) is 3.39.